The minimum absolute atomic E-state index is 0.169. The summed E-state index contributed by atoms with van der Waals surface area (Å²) in [6.45, 7) is 0.169. The molecule has 1 aliphatic heterocycles. The number of thioether (sulfide) groups is 1. The number of halogens is 2. The van der Waals surface area contributed by atoms with E-state index in [1.165, 1.54) is 11.8 Å². The Hall–Kier alpha value is -1.35. The number of hydrogen-bond acceptors (Lipinski definition) is 5. The van der Waals surface area contributed by atoms with Crippen LogP contribution in [0.15, 0.2) is 12.1 Å². The molecule has 2 rings (SSSR count). The van der Waals surface area contributed by atoms with E-state index in [2.05, 4.69) is 0 Å². The van der Waals surface area contributed by atoms with Crippen LogP contribution in [0.4, 0.5) is 14.5 Å². The second kappa shape index (κ2) is 5.80. The predicted octanol–water partition coefficient (Wildman–Crippen LogP) is 1.59. The van der Waals surface area contributed by atoms with Crippen molar-refractivity contribution in [1.29, 1.82) is 0 Å². The zero-order valence-electron chi connectivity index (χ0n) is 11.0. The number of benzene rings is 1. The van der Waals surface area contributed by atoms with Gasteiger partial charge in [0.25, 0.3) is 0 Å². The zero-order chi connectivity index (χ0) is 15.8. The van der Waals surface area contributed by atoms with Crippen molar-refractivity contribution in [2.45, 2.75) is 5.37 Å². The number of aromatic carboxylic acids is 1. The number of nitrogens with zero attached hydrogens (tertiary/aromatic N) is 1. The van der Waals surface area contributed by atoms with Crippen molar-refractivity contribution in [2.75, 3.05) is 29.2 Å². The third kappa shape index (κ3) is 3.29. The summed E-state index contributed by atoms with van der Waals surface area (Å²) in [5.41, 5.74) is -1.01. The molecule has 1 saturated heterocycles. The molecule has 0 aromatic heterocycles. The molecule has 21 heavy (non-hydrogen) atoms. The Balaban J connectivity index is 2.51. The van der Waals surface area contributed by atoms with Crippen LogP contribution in [-0.2, 0) is 9.84 Å². The highest BCUT2D eigenvalue weighted by molar-refractivity contribution is 8.01. The van der Waals surface area contributed by atoms with Gasteiger partial charge in [-0.25, -0.2) is 22.0 Å². The molecule has 116 valence electrons. The van der Waals surface area contributed by atoms with E-state index in [1.807, 2.05) is 0 Å². The number of rotatable bonds is 3. The average Bonchev–Trinajstić information content (AvgIpc) is 2.37. The number of sulfone groups is 1. The third-order valence-corrected chi connectivity index (χ3v) is 5.77. The molecule has 5 nitrogen and oxygen atoms in total. The lowest BCUT2D eigenvalue weighted by atomic mass is 10.1. The van der Waals surface area contributed by atoms with Crippen molar-refractivity contribution >= 4 is 33.3 Å². The molecule has 1 atom stereocenters. The van der Waals surface area contributed by atoms with Gasteiger partial charge in [-0.3, -0.25) is 0 Å². The Morgan fingerprint density at radius 1 is 1.38 bits per heavy atom. The highest BCUT2D eigenvalue weighted by Gasteiger charge is 2.34. The quantitative estimate of drug-likeness (QED) is 0.903. The van der Waals surface area contributed by atoms with Gasteiger partial charge in [-0.2, -0.15) is 11.8 Å². The molecule has 1 aromatic carbocycles. The van der Waals surface area contributed by atoms with Gasteiger partial charge in [0.1, 0.15) is 22.7 Å². The highest BCUT2D eigenvalue weighted by Crippen LogP contribution is 2.31. The van der Waals surface area contributed by atoms with Crippen LogP contribution in [0.3, 0.4) is 0 Å². The highest BCUT2D eigenvalue weighted by atomic mass is 32.2. The molecule has 1 aromatic rings. The van der Waals surface area contributed by atoms with Crippen LogP contribution in [0.1, 0.15) is 10.4 Å². The SMILES string of the molecule is CS(=O)(=O)C1CSCCN1c1c(F)cc(C(=O)O)cc1F. The van der Waals surface area contributed by atoms with Gasteiger partial charge in [0.05, 0.1) is 5.56 Å². The first kappa shape index (κ1) is 16.0. The van der Waals surface area contributed by atoms with E-state index in [4.69, 9.17) is 5.11 Å². The van der Waals surface area contributed by atoms with Crippen molar-refractivity contribution in [3.8, 4) is 0 Å². The molecule has 1 aliphatic rings. The van der Waals surface area contributed by atoms with E-state index in [1.54, 1.807) is 0 Å². The minimum atomic E-state index is -3.53. The van der Waals surface area contributed by atoms with Gasteiger partial charge in [-0.1, -0.05) is 0 Å². The predicted molar refractivity (Wildman–Crippen MR) is 76.6 cm³/mol. The molecule has 9 heteroatoms. The first-order valence-corrected chi connectivity index (χ1v) is 9.08. The maximum absolute atomic E-state index is 14.1. The van der Waals surface area contributed by atoms with Gasteiger partial charge in [0, 0.05) is 24.3 Å². The van der Waals surface area contributed by atoms with Crippen molar-refractivity contribution in [1.82, 2.24) is 0 Å². The zero-order valence-corrected chi connectivity index (χ0v) is 12.7. The van der Waals surface area contributed by atoms with Crippen molar-refractivity contribution in [2.24, 2.45) is 0 Å². The summed E-state index contributed by atoms with van der Waals surface area (Å²) in [5.74, 6) is -2.86. The summed E-state index contributed by atoms with van der Waals surface area (Å²) in [5, 5.41) is 7.74. The van der Waals surface area contributed by atoms with Crippen LogP contribution in [0, 0.1) is 11.6 Å². The summed E-state index contributed by atoms with van der Waals surface area (Å²) >= 11 is 1.39. The fourth-order valence-electron chi connectivity index (χ4n) is 2.15. The minimum Gasteiger partial charge on any atom is -0.478 e. The van der Waals surface area contributed by atoms with E-state index >= 15 is 0 Å². The molecule has 1 heterocycles. The average molecular weight is 337 g/mol. The second-order valence-electron chi connectivity index (χ2n) is 4.65. The lowest BCUT2D eigenvalue weighted by molar-refractivity contribution is 0.0695. The number of carbonyl (C=O) groups is 1. The van der Waals surface area contributed by atoms with Gasteiger partial charge >= 0.3 is 5.97 Å². The summed E-state index contributed by atoms with van der Waals surface area (Å²) in [4.78, 5) is 11.9. The first-order chi connectivity index (χ1) is 9.71. The Morgan fingerprint density at radius 2 is 1.95 bits per heavy atom. The number of anilines is 1. The van der Waals surface area contributed by atoms with E-state index in [0.717, 1.165) is 11.2 Å². The lowest BCUT2D eigenvalue weighted by Gasteiger charge is -2.36. The maximum Gasteiger partial charge on any atom is 0.335 e. The molecule has 0 spiro atoms. The van der Waals surface area contributed by atoms with Gasteiger partial charge in [0.15, 0.2) is 9.84 Å². The molecule has 1 N–H and O–H groups in total. The molecule has 1 fully saturated rings. The Labute approximate surface area is 124 Å². The van der Waals surface area contributed by atoms with Crippen molar-refractivity contribution in [3.63, 3.8) is 0 Å². The summed E-state index contributed by atoms with van der Waals surface area (Å²) in [7, 11) is -3.53. The number of carboxylic acid groups (broad SMARTS) is 1. The fourth-order valence-corrected chi connectivity index (χ4v) is 4.98. The lowest BCUT2D eigenvalue weighted by Crippen LogP contribution is -2.47. The van der Waals surface area contributed by atoms with Crippen LogP contribution < -0.4 is 4.90 Å². The van der Waals surface area contributed by atoms with Gasteiger partial charge in [-0.15, -0.1) is 0 Å². The molecule has 0 bridgehead atoms. The van der Waals surface area contributed by atoms with Crippen LogP contribution in [-0.4, -0.2) is 49.2 Å². The molecule has 0 radical (unpaired) electrons. The summed E-state index contributed by atoms with van der Waals surface area (Å²) in [6.07, 6.45) is 1.01. The summed E-state index contributed by atoms with van der Waals surface area (Å²) in [6, 6.07) is 1.39. The van der Waals surface area contributed by atoms with Gasteiger partial charge in [-0.05, 0) is 12.1 Å². The van der Waals surface area contributed by atoms with E-state index in [-0.39, 0.29) is 12.3 Å². The van der Waals surface area contributed by atoms with Crippen LogP contribution in [0.2, 0.25) is 0 Å². The number of hydrogen-bond donors (Lipinski definition) is 1. The normalized spacial score (nSPS) is 19.6. The molecule has 0 aliphatic carbocycles. The van der Waals surface area contributed by atoms with E-state index in [0.29, 0.717) is 17.9 Å². The topological polar surface area (TPSA) is 74.7 Å². The van der Waals surface area contributed by atoms with Gasteiger partial charge < -0.3 is 10.0 Å². The maximum atomic E-state index is 14.1. The Morgan fingerprint density at radius 3 is 2.43 bits per heavy atom. The molecule has 0 amide bonds. The largest absolute Gasteiger partial charge is 0.478 e. The monoisotopic (exact) mass is 337 g/mol. The molecule has 1 unspecified atom stereocenters. The number of carboxylic acids is 1. The van der Waals surface area contributed by atoms with Crippen molar-refractivity contribution in [3.05, 3.63) is 29.3 Å². The summed E-state index contributed by atoms with van der Waals surface area (Å²) < 4.78 is 51.7. The molecular formula is C12H13F2NO4S2. The van der Waals surface area contributed by atoms with Crippen LogP contribution in [0.5, 0.6) is 0 Å². The molecular weight excluding hydrogens is 324 g/mol. The second-order valence-corrected chi connectivity index (χ2v) is 8.00. The first-order valence-electron chi connectivity index (χ1n) is 5.97. The fraction of sp³-hybridized carbons (Fsp3) is 0.417. The van der Waals surface area contributed by atoms with E-state index < -0.39 is 44.1 Å². The van der Waals surface area contributed by atoms with Gasteiger partial charge in [0.2, 0.25) is 0 Å². The van der Waals surface area contributed by atoms with Crippen molar-refractivity contribution < 1.29 is 27.1 Å². The Kier molecular flexibility index (Phi) is 4.43. The van der Waals surface area contributed by atoms with Crippen LogP contribution >= 0.6 is 11.8 Å². The molecule has 0 saturated carbocycles. The van der Waals surface area contributed by atoms with Crippen LogP contribution in [0.25, 0.3) is 0 Å². The smallest absolute Gasteiger partial charge is 0.335 e. The Bertz CT molecular complexity index is 655. The standard InChI is InChI=1S/C12H13F2NO4S2/c1-21(18,19)10-6-20-3-2-15(10)11-8(13)4-7(12(16)17)5-9(11)14/h4-5,10H,2-3,6H2,1H3,(H,16,17). The van der Waals surface area contributed by atoms with E-state index in [9.17, 15) is 22.0 Å². The third-order valence-electron chi connectivity index (χ3n) is 3.13.